The lowest BCUT2D eigenvalue weighted by Crippen LogP contribution is -2.36. The molecule has 19 heavy (non-hydrogen) atoms. The average molecular weight is 275 g/mol. The predicted octanol–water partition coefficient (Wildman–Crippen LogP) is 1.96. The summed E-state index contributed by atoms with van der Waals surface area (Å²) in [5.41, 5.74) is 4.48. The summed E-state index contributed by atoms with van der Waals surface area (Å²) in [6.45, 7) is 2.32. The lowest BCUT2D eigenvalue weighted by atomic mass is 10.1. The monoisotopic (exact) mass is 275 g/mol. The standard InChI is InChI=1S/C12H16F3N3O/c1-2-9(5-6-16)18-11(19)10-4-3-8(7-17-10)12(13,14)15/h3-4,7,9H,2,5-6,16H2,1H3,(H,18,19). The number of pyridine rings is 1. The minimum atomic E-state index is -4.45. The Morgan fingerprint density at radius 1 is 1.47 bits per heavy atom. The fourth-order valence-corrected chi connectivity index (χ4v) is 1.53. The molecule has 0 aliphatic rings. The molecule has 3 N–H and O–H groups in total. The van der Waals surface area contributed by atoms with Crippen LogP contribution in [-0.4, -0.2) is 23.5 Å². The van der Waals surface area contributed by atoms with Gasteiger partial charge in [-0.3, -0.25) is 9.78 Å². The number of amides is 1. The van der Waals surface area contributed by atoms with Crippen LogP contribution in [0.1, 0.15) is 35.8 Å². The van der Waals surface area contributed by atoms with Crippen molar-refractivity contribution in [1.82, 2.24) is 10.3 Å². The van der Waals surface area contributed by atoms with Crippen molar-refractivity contribution >= 4 is 5.91 Å². The van der Waals surface area contributed by atoms with E-state index in [2.05, 4.69) is 10.3 Å². The van der Waals surface area contributed by atoms with Gasteiger partial charge in [-0.25, -0.2) is 0 Å². The summed E-state index contributed by atoms with van der Waals surface area (Å²) in [7, 11) is 0. The van der Waals surface area contributed by atoms with Crippen LogP contribution in [0, 0.1) is 0 Å². The Kier molecular flexibility index (Phi) is 5.29. The van der Waals surface area contributed by atoms with Crippen molar-refractivity contribution in [2.24, 2.45) is 5.73 Å². The first-order valence-corrected chi connectivity index (χ1v) is 5.92. The largest absolute Gasteiger partial charge is 0.417 e. The molecule has 0 saturated heterocycles. The number of nitrogens with two attached hydrogens (primary N) is 1. The summed E-state index contributed by atoms with van der Waals surface area (Å²) in [6, 6.07) is 1.81. The van der Waals surface area contributed by atoms with Crippen LogP contribution in [0.25, 0.3) is 0 Å². The number of carbonyl (C=O) groups is 1. The molecule has 1 aromatic heterocycles. The first-order valence-electron chi connectivity index (χ1n) is 5.92. The Morgan fingerprint density at radius 2 is 2.16 bits per heavy atom. The maximum atomic E-state index is 12.3. The summed E-state index contributed by atoms with van der Waals surface area (Å²) in [5.74, 6) is -0.492. The third-order valence-corrected chi connectivity index (χ3v) is 2.67. The number of rotatable bonds is 5. The van der Waals surface area contributed by atoms with E-state index in [0.717, 1.165) is 12.1 Å². The molecule has 0 aliphatic carbocycles. The van der Waals surface area contributed by atoms with Crippen LogP contribution in [-0.2, 0) is 6.18 Å². The lowest BCUT2D eigenvalue weighted by molar-refractivity contribution is -0.137. The topological polar surface area (TPSA) is 68.0 Å². The van der Waals surface area contributed by atoms with Crippen LogP contribution in [0.2, 0.25) is 0 Å². The highest BCUT2D eigenvalue weighted by Gasteiger charge is 2.30. The highest BCUT2D eigenvalue weighted by molar-refractivity contribution is 5.92. The normalized spacial score (nSPS) is 13.1. The Labute approximate surface area is 109 Å². The number of alkyl halides is 3. The molecule has 0 aromatic carbocycles. The molecule has 1 heterocycles. The Hall–Kier alpha value is -1.63. The Bertz CT molecular complexity index is 417. The quantitative estimate of drug-likeness (QED) is 0.863. The van der Waals surface area contributed by atoms with E-state index in [4.69, 9.17) is 5.73 Å². The maximum absolute atomic E-state index is 12.3. The second-order valence-electron chi connectivity index (χ2n) is 4.09. The molecule has 106 valence electrons. The summed E-state index contributed by atoms with van der Waals surface area (Å²) < 4.78 is 37.0. The van der Waals surface area contributed by atoms with E-state index in [-0.39, 0.29) is 11.7 Å². The molecular weight excluding hydrogens is 259 g/mol. The fraction of sp³-hybridized carbons (Fsp3) is 0.500. The number of nitrogens with one attached hydrogen (secondary N) is 1. The molecule has 0 radical (unpaired) electrons. The second-order valence-corrected chi connectivity index (χ2v) is 4.09. The third kappa shape index (κ3) is 4.51. The number of halogens is 3. The van der Waals surface area contributed by atoms with Gasteiger partial charge in [0.05, 0.1) is 5.56 Å². The van der Waals surface area contributed by atoms with E-state index in [9.17, 15) is 18.0 Å². The van der Waals surface area contributed by atoms with Crippen molar-refractivity contribution in [3.63, 3.8) is 0 Å². The van der Waals surface area contributed by atoms with Gasteiger partial charge in [0, 0.05) is 12.2 Å². The first-order chi connectivity index (χ1) is 8.88. The molecule has 0 saturated carbocycles. The van der Waals surface area contributed by atoms with E-state index in [1.165, 1.54) is 0 Å². The molecule has 0 spiro atoms. The zero-order valence-corrected chi connectivity index (χ0v) is 10.5. The van der Waals surface area contributed by atoms with Gasteiger partial charge in [0.15, 0.2) is 0 Å². The van der Waals surface area contributed by atoms with Crippen LogP contribution in [0.3, 0.4) is 0 Å². The van der Waals surface area contributed by atoms with Crippen molar-refractivity contribution in [3.05, 3.63) is 29.6 Å². The van der Waals surface area contributed by atoms with Crippen LogP contribution in [0.15, 0.2) is 18.3 Å². The van der Waals surface area contributed by atoms with Gasteiger partial charge in [0.25, 0.3) is 5.91 Å². The van der Waals surface area contributed by atoms with Gasteiger partial charge in [0.1, 0.15) is 5.69 Å². The van der Waals surface area contributed by atoms with E-state index >= 15 is 0 Å². The van der Waals surface area contributed by atoms with Crippen molar-refractivity contribution in [2.45, 2.75) is 32.0 Å². The fourth-order valence-electron chi connectivity index (χ4n) is 1.53. The molecule has 0 bridgehead atoms. The van der Waals surface area contributed by atoms with Crippen molar-refractivity contribution in [3.8, 4) is 0 Å². The summed E-state index contributed by atoms with van der Waals surface area (Å²) in [5, 5.41) is 2.68. The highest BCUT2D eigenvalue weighted by Crippen LogP contribution is 2.28. The van der Waals surface area contributed by atoms with Crippen molar-refractivity contribution < 1.29 is 18.0 Å². The van der Waals surface area contributed by atoms with Gasteiger partial charge in [-0.15, -0.1) is 0 Å². The number of carbonyl (C=O) groups excluding carboxylic acids is 1. The smallest absolute Gasteiger partial charge is 0.348 e. The molecule has 1 rings (SSSR count). The SMILES string of the molecule is CCC(CCN)NC(=O)c1ccc(C(F)(F)F)cn1. The predicted molar refractivity (Wildman–Crippen MR) is 64.5 cm³/mol. The minimum absolute atomic E-state index is 0.0385. The molecule has 1 amide bonds. The summed E-state index contributed by atoms with van der Waals surface area (Å²) in [6.07, 6.45) is -2.49. The van der Waals surface area contributed by atoms with Gasteiger partial charge >= 0.3 is 6.18 Å². The molecular formula is C12H16F3N3O. The zero-order valence-electron chi connectivity index (χ0n) is 10.5. The van der Waals surface area contributed by atoms with E-state index in [0.29, 0.717) is 25.6 Å². The number of nitrogens with zero attached hydrogens (tertiary/aromatic N) is 1. The average Bonchev–Trinajstić information content (AvgIpc) is 2.37. The second kappa shape index (κ2) is 6.51. The zero-order chi connectivity index (χ0) is 14.5. The Balaban J connectivity index is 2.73. The molecule has 7 heteroatoms. The van der Waals surface area contributed by atoms with Crippen LogP contribution >= 0.6 is 0 Å². The van der Waals surface area contributed by atoms with Crippen LogP contribution < -0.4 is 11.1 Å². The maximum Gasteiger partial charge on any atom is 0.417 e. The minimum Gasteiger partial charge on any atom is -0.348 e. The van der Waals surface area contributed by atoms with E-state index in [1.54, 1.807) is 0 Å². The number of hydrogen-bond acceptors (Lipinski definition) is 3. The molecule has 0 aliphatic heterocycles. The van der Waals surface area contributed by atoms with Gasteiger partial charge in [-0.05, 0) is 31.5 Å². The van der Waals surface area contributed by atoms with E-state index < -0.39 is 17.6 Å². The van der Waals surface area contributed by atoms with Gasteiger partial charge in [-0.2, -0.15) is 13.2 Å². The summed E-state index contributed by atoms with van der Waals surface area (Å²) >= 11 is 0. The third-order valence-electron chi connectivity index (χ3n) is 2.67. The number of hydrogen-bond donors (Lipinski definition) is 2. The number of aromatic nitrogens is 1. The van der Waals surface area contributed by atoms with Gasteiger partial charge in [-0.1, -0.05) is 6.92 Å². The molecule has 0 fully saturated rings. The highest BCUT2D eigenvalue weighted by atomic mass is 19.4. The molecule has 4 nitrogen and oxygen atoms in total. The van der Waals surface area contributed by atoms with Crippen molar-refractivity contribution in [1.29, 1.82) is 0 Å². The molecule has 1 aromatic rings. The van der Waals surface area contributed by atoms with Crippen LogP contribution in [0.4, 0.5) is 13.2 Å². The first kappa shape index (κ1) is 15.4. The van der Waals surface area contributed by atoms with Crippen LogP contribution in [0.5, 0.6) is 0 Å². The molecule has 1 atom stereocenters. The van der Waals surface area contributed by atoms with Gasteiger partial charge < -0.3 is 11.1 Å². The molecule has 1 unspecified atom stereocenters. The van der Waals surface area contributed by atoms with Gasteiger partial charge in [0.2, 0.25) is 0 Å². The summed E-state index contributed by atoms with van der Waals surface area (Å²) in [4.78, 5) is 15.3. The Morgan fingerprint density at radius 3 is 2.58 bits per heavy atom. The van der Waals surface area contributed by atoms with E-state index in [1.807, 2.05) is 6.92 Å². The lowest BCUT2D eigenvalue weighted by Gasteiger charge is -2.15. The van der Waals surface area contributed by atoms with Crippen molar-refractivity contribution in [2.75, 3.05) is 6.54 Å².